The number of nitrogens with zero attached hydrogens (tertiary/aromatic N) is 3. The van der Waals surface area contributed by atoms with Gasteiger partial charge in [-0.2, -0.15) is 0 Å². The average Bonchev–Trinajstić information content (AvgIpc) is 3.00. The Morgan fingerprint density at radius 2 is 1.77 bits per heavy atom. The van der Waals surface area contributed by atoms with Crippen molar-refractivity contribution in [1.82, 2.24) is 10.2 Å². The van der Waals surface area contributed by atoms with E-state index < -0.39 is 6.03 Å². The van der Waals surface area contributed by atoms with Crippen molar-refractivity contribution in [3.63, 3.8) is 0 Å². The van der Waals surface area contributed by atoms with Crippen molar-refractivity contribution >= 4 is 40.9 Å². The minimum Gasteiger partial charge on any atom is -0.325 e. The Balaban J connectivity index is 1.45. The zero-order valence-corrected chi connectivity index (χ0v) is 18.0. The molecule has 0 atom stereocenters. The summed E-state index contributed by atoms with van der Waals surface area (Å²) in [5.74, 6) is -0.282. The van der Waals surface area contributed by atoms with Crippen LogP contribution in [-0.2, 0) is 4.79 Å². The zero-order chi connectivity index (χ0) is 21.8. The Hall–Kier alpha value is -3.06. The fourth-order valence-corrected chi connectivity index (χ4v) is 5.18. The van der Waals surface area contributed by atoms with E-state index in [1.165, 1.54) is 4.90 Å². The highest BCUT2D eigenvalue weighted by Crippen LogP contribution is 2.45. The van der Waals surface area contributed by atoms with E-state index in [1.54, 1.807) is 11.0 Å². The molecule has 2 saturated heterocycles. The lowest BCUT2D eigenvalue weighted by molar-refractivity contribution is -0.120. The van der Waals surface area contributed by atoms with Gasteiger partial charge >= 0.3 is 12.1 Å². The Morgan fingerprint density at radius 1 is 1.03 bits per heavy atom. The topological polar surface area (TPSA) is 73.0 Å². The average molecular weight is 439 g/mol. The Morgan fingerprint density at radius 3 is 2.42 bits per heavy atom. The van der Waals surface area contributed by atoms with Gasteiger partial charge in [-0.25, -0.2) is 9.59 Å². The largest absolute Gasteiger partial charge is 0.328 e. The van der Waals surface area contributed by atoms with Crippen molar-refractivity contribution in [2.45, 2.75) is 31.2 Å². The van der Waals surface area contributed by atoms with E-state index in [0.717, 1.165) is 42.6 Å². The molecule has 2 aromatic rings. The number of anilines is 2. The van der Waals surface area contributed by atoms with Crippen LogP contribution in [0.25, 0.3) is 11.1 Å². The smallest absolute Gasteiger partial charge is 0.325 e. The number of imide groups is 1. The zero-order valence-electron chi connectivity index (χ0n) is 17.2. The maximum absolute atomic E-state index is 12.8. The fraction of sp³-hybridized carbons (Fsp3) is 0.348. The highest BCUT2D eigenvalue weighted by molar-refractivity contribution is 6.36. The molecule has 5 amide bonds. The van der Waals surface area contributed by atoms with Gasteiger partial charge in [0, 0.05) is 37.8 Å². The number of rotatable bonds is 3. The number of halogens is 1. The first-order valence-electron chi connectivity index (χ1n) is 10.5. The second-order valence-corrected chi connectivity index (χ2v) is 8.87. The lowest BCUT2D eigenvalue weighted by Crippen LogP contribution is -2.52. The van der Waals surface area contributed by atoms with Gasteiger partial charge < -0.3 is 4.90 Å². The maximum Gasteiger partial charge on any atom is 0.328 e. The van der Waals surface area contributed by atoms with Gasteiger partial charge in [0.2, 0.25) is 5.91 Å². The predicted octanol–water partition coefficient (Wildman–Crippen LogP) is 4.25. The molecule has 0 radical (unpaired) electrons. The molecule has 0 aromatic heterocycles. The Labute approximate surface area is 185 Å². The highest BCUT2D eigenvalue weighted by Gasteiger charge is 2.52. The van der Waals surface area contributed by atoms with E-state index in [4.69, 9.17) is 11.6 Å². The first kappa shape index (κ1) is 19.9. The quantitative estimate of drug-likeness (QED) is 0.778. The summed E-state index contributed by atoms with van der Waals surface area (Å²) < 4.78 is 0. The Bertz CT molecular complexity index is 1080. The standard InChI is InChI=1S/C23H23ClN4O3/c1-26-14-23(11-3-12-23)28(22(26)31)16-8-6-15(7-9-16)17-4-2-5-18(20(17)24)27-13-10-19(29)25-21(27)30/h2,4-9H,3,10-14H2,1H3,(H,25,29,30). The Kier molecular flexibility index (Phi) is 4.66. The van der Waals surface area contributed by atoms with Crippen LogP contribution in [0.15, 0.2) is 42.5 Å². The lowest BCUT2D eigenvalue weighted by Gasteiger charge is -2.44. The van der Waals surface area contributed by atoms with E-state index >= 15 is 0 Å². The first-order valence-corrected chi connectivity index (χ1v) is 10.8. The minimum atomic E-state index is -0.465. The van der Waals surface area contributed by atoms with Crippen LogP contribution in [0.5, 0.6) is 0 Å². The number of urea groups is 2. The number of hydrogen-bond donors (Lipinski definition) is 1. The third kappa shape index (κ3) is 3.15. The monoisotopic (exact) mass is 438 g/mol. The first-order chi connectivity index (χ1) is 14.9. The van der Waals surface area contributed by atoms with E-state index in [2.05, 4.69) is 5.32 Å². The molecular weight excluding hydrogens is 416 g/mol. The van der Waals surface area contributed by atoms with Crippen molar-refractivity contribution in [2.75, 3.05) is 29.9 Å². The summed E-state index contributed by atoms with van der Waals surface area (Å²) in [6, 6.07) is 12.9. The molecule has 1 N–H and O–H groups in total. The third-order valence-corrected chi connectivity index (χ3v) is 6.96. The molecule has 1 aliphatic carbocycles. The van der Waals surface area contributed by atoms with Crippen LogP contribution in [0, 0.1) is 0 Å². The molecular formula is C23H23ClN4O3. The lowest BCUT2D eigenvalue weighted by atomic mass is 9.76. The van der Waals surface area contributed by atoms with Crippen molar-refractivity contribution < 1.29 is 14.4 Å². The number of carbonyl (C=O) groups excluding carboxylic acids is 3. The number of carbonyl (C=O) groups is 3. The van der Waals surface area contributed by atoms with E-state index in [1.807, 2.05) is 48.3 Å². The van der Waals surface area contributed by atoms with Gasteiger partial charge in [0.25, 0.3) is 0 Å². The van der Waals surface area contributed by atoms with Crippen LogP contribution >= 0.6 is 11.6 Å². The molecule has 2 aliphatic heterocycles. The van der Waals surface area contributed by atoms with Crippen LogP contribution in [0.3, 0.4) is 0 Å². The van der Waals surface area contributed by atoms with E-state index in [-0.39, 0.29) is 23.9 Å². The molecule has 2 heterocycles. The third-order valence-electron chi connectivity index (χ3n) is 6.57. The van der Waals surface area contributed by atoms with Gasteiger partial charge in [-0.15, -0.1) is 0 Å². The van der Waals surface area contributed by atoms with Crippen LogP contribution < -0.4 is 15.1 Å². The predicted molar refractivity (Wildman–Crippen MR) is 119 cm³/mol. The van der Waals surface area contributed by atoms with Crippen LogP contribution in [0.2, 0.25) is 5.02 Å². The van der Waals surface area contributed by atoms with Gasteiger partial charge in [0.05, 0.1) is 16.2 Å². The SMILES string of the molecule is CN1CC2(CCC2)N(c2ccc(-c3cccc(N4CCC(=O)NC4=O)c3Cl)cc2)C1=O. The molecule has 0 bridgehead atoms. The molecule has 160 valence electrons. The van der Waals surface area contributed by atoms with E-state index in [0.29, 0.717) is 17.3 Å². The maximum atomic E-state index is 12.8. The molecule has 5 rings (SSSR count). The molecule has 1 spiro atoms. The molecule has 1 saturated carbocycles. The van der Waals surface area contributed by atoms with Crippen molar-refractivity contribution in [2.24, 2.45) is 0 Å². The van der Waals surface area contributed by atoms with Gasteiger partial charge in [-0.05, 0) is 43.0 Å². The summed E-state index contributed by atoms with van der Waals surface area (Å²) in [6.07, 6.45) is 3.44. The molecule has 7 nitrogen and oxygen atoms in total. The molecule has 8 heteroatoms. The summed E-state index contributed by atoms with van der Waals surface area (Å²) in [6.45, 7) is 1.06. The second-order valence-electron chi connectivity index (χ2n) is 8.49. The second kappa shape index (κ2) is 7.27. The molecule has 0 unspecified atom stereocenters. The van der Waals surface area contributed by atoms with Gasteiger partial charge in [0.15, 0.2) is 0 Å². The fourth-order valence-electron chi connectivity index (χ4n) is 4.84. The molecule has 2 aromatic carbocycles. The summed E-state index contributed by atoms with van der Waals surface area (Å²) in [5.41, 5.74) is 3.06. The number of amides is 5. The van der Waals surface area contributed by atoms with E-state index in [9.17, 15) is 14.4 Å². The van der Waals surface area contributed by atoms with Gasteiger partial charge in [-0.3, -0.25) is 19.9 Å². The van der Waals surface area contributed by atoms with Crippen LogP contribution in [0.1, 0.15) is 25.7 Å². The molecule has 31 heavy (non-hydrogen) atoms. The van der Waals surface area contributed by atoms with Crippen LogP contribution in [0.4, 0.5) is 21.0 Å². The number of nitrogens with one attached hydrogen (secondary N) is 1. The molecule has 3 aliphatic rings. The number of benzene rings is 2. The van der Waals surface area contributed by atoms with Crippen LogP contribution in [-0.4, -0.2) is 48.5 Å². The minimum absolute atomic E-state index is 0.0399. The number of hydrogen-bond acceptors (Lipinski definition) is 3. The molecule has 3 fully saturated rings. The summed E-state index contributed by atoms with van der Waals surface area (Å²) in [5, 5.41) is 2.78. The highest BCUT2D eigenvalue weighted by atomic mass is 35.5. The summed E-state index contributed by atoms with van der Waals surface area (Å²) in [4.78, 5) is 41.7. The van der Waals surface area contributed by atoms with Crippen molar-refractivity contribution in [3.05, 3.63) is 47.5 Å². The van der Waals surface area contributed by atoms with Gasteiger partial charge in [-0.1, -0.05) is 35.9 Å². The van der Waals surface area contributed by atoms with Gasteiger partial charge in [0.1, 0.15) is 0 Å². The van der Waals surface area contributed by atoms with Crippen molar-refractivity contribution in [3.8, 4) is 11.1 Å². The normalized spacial score (nSPS) is 20.3. The van der Waals surface area contributed by atoms with Crippen molar-refractivity contribution in [1.29, 1.82) is 0 Å². The summed E-state index contributed by atoms with van der Waals surface area (Å²) >= 11 is 6.69. The summed E-state index contributed by atoms with van der Waals surface area (Å²) in [7, 11) is 1.85. The number of likely N-dealkylation sites (N-methyl/N-ethyl adjacent to an activating group) is 1.